The van der Waals surface area contributed by atoms with E-state index in [1.807, 2.05) is 58.1 Å². The van der Waals surface area contributed by atoms with Gasteiger partial charge in [-0.1, -0.05) is 18.2 Å². The van der Waals surface area contributed by atoms with Gasteiger partial charge in [-0.3, -0.25) is 9.69 Å². The Morgan fingerprint density at radius 2 is 1.81 bits per heavy atom. The number of ether oxygens (including phenoxy) is 2. The number of carbonyl (C=O) groups is 1. The first-order chi connectivity index (χ1) is 15.2. The lowest BCUT2D eigenvalue weighted by Gasteiger charge is -2.34. The monoisotopic (exact) mass is 416 g/mol. The van der Waals surface area contributed by atoms with Crippen LogP contribution >= 0.6 is 0 Å². The van der Waals surface area contributed by atoms with Crippen molar-refractivity contribution in [3.05, 3.63) is 78.4 Å². The number of amides is 1. The average molecular weight is 416 g/mol. The van der Waals surface area contributed by atoms with Crippen molar-refractivity contribution >= 4 is 12.0 Å². The first-order valence-electron chi connectivity index (χ1n) is 10.4. The summed E-state index contributed by atoms with van der Waals surface area (Å²) in [6.07, 6.45) is 8.96. The minimum Gasteiger partial charge on any atom is -0.454 e. The predicted octanol–water partition coefficient (Wildman–Crippen LogP) is 2.96. The molecule has 0 bridgehead atoms. The molecule has 31 heavy (non-hydrogen) atoms. The smallest absolute Gasteiger partial charge is 0.246 e. The summed E-state index contributed by atoms with van der Waals surface area (Å²) >= 11 is 0. The summed E-state index contributed by atoms with van der Waals surface area (Å²) in [6.45, 7) is 4.31. The SMILES string of the molecule is O=C(C=Cc1ccc(-n2ccnc2)cc1)N1CCN(Cc2ccc3c(c2)OCO3)CC1. The number of nitrogens with zero attached hydrogens (tertiary/aromatic N) is 4. The Morgan fingerprint density at radius 1 is 1.00 bits per heavy atom. The van der Waals surface area contributed by atoms with E-state index < -0.39 is 0 Å². The number of aromatic nitrogens is 2. The molecule has 0 radical (unpaired) electrons. The Kier molecular flexibility index (Phi) is 5.41. The van der Waals surface area contributed by atoms with Crippen LogP contribution < -0.4 is 9.47 Å². The fourth-order valence-electron chi connectivity index (χ4n) is 3.87. The molecular formula is C24H24N4O3. The van der Waals surface area contributed by atoms with Gasteiger partial charge in [-0.05, 0) is 41.5 Å². The van der Waals surface area contributed by atoms with E-state index in [0.29, 0.717) is 6.79 Å². The highest BCUT2D eigenvalue weighted by molar-refractivity contribution is 5.91. The Balaban J connectivity index is 1.12. The van der Waals surface area contributed by atoms with Gasteiger partial charge >= 0.3 is 0 Å². The fraction of sp³-hybridized carbons (Fsp3) is 0.250. The van der Waals surface area contributed by atoms with E-state index in [-0.39, 0.29) is 5.91 Å². The van der Waals surface area contributed by atoms with Gasteiger partial charge in [-0.2, -0.15) is 0 Å². The van der Waals surface area contributed by atoms with Crippen LogP contribution in [-0.4, -0.2) is 58.2 Å². The summed E-state index contributed by atoms with van der Waals surface area (Å²) in [5.41, 5.74) is 3.24. The lowest BCUT2D eigenvalue weighted by atomic mass is 10.1. The summed E-state index contributed by atoms with van der Waals surface area (Å²) < 4.78 is 12.8. The first-order valence-corrected chi connectivity index (χ1v) is 10.4. The molecular weight excluding hydrogens is 392 g/mol. The molecule has 158 valence electrons. The number of hydrogen-bond acceptors (Lipinski definition) is 5. The van der Waals surface area contributed by atoms with Crippen molar-refractivity contribution in [1.29, 1.82) is 0 Å². The van der Waals surface area contributed by atoms with Crippen LogP contribution in [0.4, 0.5) is 0 Å². The maximum atomic E-state index is 12.6. The van der Waals surface area contributed by atoms with Gasteiger partial charge < -0.3 is 18.9 Å². The van der Waals surface area contributed by atoms with Gasteiger partial charge in [0.15, 0.2) is 11.5 Å². The molecule has 2 aromatic carbocycles. The number of fused-ring (bicyclic) bond motifs is 1. The molecule has 2 aliphatic heterocycles. The highest BCUT2D eigenvalue weighted by Gasteiger charge is 2.20. The van der Waals surface area contributed by atoms with E-state index >= 15 is 0 Å². The fourth-order valence-corrected chi connectivity index (χ4v) is 3.87. The quantitative estimate of drug-likeness (QED) is 0.599. The lowest BCUT2D eigenvalue weighted by molar-refractivity contribution is -0.127. The van der Waals surface area contributed by atoms with Gasteiger partial charge in [-0.25, -0.2) is 4.98 Å². The van der Waals surface area contributed by atoms with E-state index in [1.54, 1.807) is 18.6 Å². The van der Waals surface area contributed by atoms with Crippen molar-refractivity contribution in [3.8, 4) is 17.2 Å². The molecule has 1 fully saturated rings. The molecule has 5 rings (SSSR count). The third-order valence-corrected chi connectivity index (χ3v) is 5.64. The van der Waals surface area contributed by atoms with Gasteiger partial charge in [0.05, 0.1) is 6.33 Å². The molecule has 7 heteroatoms. The zero-order chi connectivity index (χ0) is 21.0. The second-order valence-electron chi connectivity index (χ2n) is 7.68. The van der Waals surface area contributed by atoms with E-state index in [4.69, 9.17) is 9.47 Å². The van der Waals surface area contributed by atoms with Crippen LogP contribution in [0, 0.1) is 0 Å². The van der Waals surface area contributed by atoms with Gasteiger partial charge in [0.2, 0.25) is 12.7 Å². The molecule has 3 heterocycles. The molecule has 0 aliphatic carbocycles. The van der Waals surface area contributed by atoms with Gasteiger partial charge in [0.25, 0.3) is 0 Å². The van der Waals surface area contributed by atoms with Crippen LogP contribution in [-0.2, 0) is 11.3 Å². The maximum absolute atomic E-state index is 12.6. The normalized spacial score (nSPS) is 16.2. The Labute approximate surface area is 181 Å². The van der Waals surface area contributed by atoms with E-state index in [1.165, 1.54) is 5.56 Å². The molecule has 1 aromatic heterocycles. The zero-order valence-electron chi connectivity index (χ0n) is 17.2. The Morgan fingerprint density at radius 3 is 2.58 bits per heavy atom. The van der Waals surface area contributed by atoms with E-state index in [2.05, 4.69) is 16.0 Å². The summed E-state index contributed by atoms with van der Waals surface area (Å²) in [5.74, 6) is 1.68. The van der Waals surface area contributed by atoms with Gasteiger partial charge in [-0.15, -0.1) is 0 Å². The van der Waals surface area contributed by atoms with Gasteiger partial charge in [0.1, 0.15) is 0 Å². The zero-order valence-corrected chi connectivity index (χ0v) is 17.2. The summed E-state index contributed by atoms with van der Waals surface area (Å²) in [6, 6.07) is 14.1. The molecule has 0 N–H and O–H groups in total. The number of carbonyl (C=O) groups excluding carboxylic acids is 1. The van der Waals surface area contributed by atoms with E-state index in [0.717, 1.165) is 55.5 Å². The largest absolute Gasteiger partial charge is 0.454 e. The molecule has 0 spiro atoms. The number of rotatable bonds is 5. The molecule has 7 nitrogen and oxygen atoms in total. The molecule has 1 saturated heterocycles. The van der Waals surface area contributed by atoms with Gasteiger partial charge in [0, 0.05) is 56.9 Å². The molecule has 3 aromatic rings. The third-order valence-electron chi connectivity index (χ3n) is 5.64. The number of piperazine rings is 1. The average Bonchev–Trinajstić information content (AvgIpc) is 3.50. The van der Waals surface area contributed by atoms with Crippen molar-refractivity contribution in [2.24, 2.45) is 0 Å². The van der Waals surface area contributed by atoms with Crippen molar-refractivity contribution in [2.75, 3.05) is 33.0 Å². The van der Waals surface area contributed by atoms with Crippen LogP contribution in [0.1, 0.15) is 11.1 Å². The van der Waals surface area contributed by atoms with Crippen LogP contribution in [0.2, 0.25) is 0 Å². The maximum Gasteiger partial charge on any atom is 0.246 e. The molecule has 0 unspecified atom stereocenters. The van der Waals surface area contributed by atoms with Crippen LogP contribution in [0.15, 0.2) is 67.3 Å². The molecule has 1 amide bonds. The van der Waals surface area contributed by atoms with Crippen molar-refractivity contribution in [3.63, 3.8) is 0 Å². The number of imidazole rings is 1. The topological polar surface area (TPSA) is 59.8 Å². The van der Waals surface area contributed by atoms with Crippen LogP contribution in [0.3, 0.4) is 0 Å². The van der Waals surface area contributed by atoms with Crippen LogP contribution in [0.25, 0.3) is 11.8 Å². The van der Waals surface area contributed by atoms with E-state index in [9.17, 15) is 4.79 Å². The van der Waals surface area contributed by atoms with Crippen LogP contribution in [0.5, 0.6) is 11.5 Å². The Bertz CT molecular complexity index is 1070. The highest BCUT2D eigenvalue weighted by atomic mass is 16.7. The summed E-state index contributed by atoms with van der Waals surface area (Å²) in [7, 11) is 0. The molecule has 2 aliphatic rings. The highest BCUT2D eigenvalue weighted by Crippen LogP contribution is 2.32. The molecule has 0 atom stereocenters. The lowest BCUT2D eigenvalue weighted by Crippen LogP contribution is -2.47. The Hall–Kier alpha value is -3.58. The second kappa shape index (κ2) is 8.65. The first kappa shape index (κ1) is 19.4. The van der Waals surface area contributed by atoms with Crippen molar-refractivity contribution < 1.29 is 14.3 Å². The standard InChI is InChI=1S/C24H24N4O3/c29-24(8-4-19-1-5-21(6-2-19)28-10-9-25-17-28)27-13-11-26(12-14-27)16-20-3-7-22-23(15-20)31-18-30-22/h1-10,15,17H,11-14,16,18H2. The number of benzene rings is 2. The predicted molar refractivity (Wildman–Crippen MR) is 117 cm³/mol. The second-order valence-corrected chi connectivity index (χ2v) is 7.68. The number of hydrogen-bond donors (Lipinski definition) is 0. The third kappa shape index (κ3) is 4.46. The van der Waals surface area contributed by atoms with Crippen molar-refractivity contribution in [1.82, 2.24) is 19.4 Å². The molecule has 0 saturated carbocycles. The minimum absolute atomic E-state index is 0.0569. The summed E-state index contributed by atoms with van der Waals surface area (Å²) in [5, 5.41) is 0. The van der Waals surface area contributed by atoms with Crippen molar-refractivity contribution in [2.45, 2.75) is 6.54 Å². The summed E-state index contributed by atoms with van der Waals surface area (Å²) in [4.78, 5) is 20.9. The minimum atomic E-state index is 0.0569.